The molecular formula is C26H37NO5. The second-order valence-electron chi connectivity index (χ2n) is 8.43. The number of rotatable bonds is 12. The summed E-state index contributed by atoms with van der Waals surface area (Å²) < 4.78 is 21.9. The van der Waals surface area contributed by atoms with Gasteiger partial charge in [0.05, 0.1) is 33.5 Å². The normalized spacial score (nSPS) is 14.9. The fourth-order valence-electron chi connectivity index (χ4n) is 4.28. The average molecular weight is 444 g/mol. The summed E-state index contributed by atoms with van der Waals surface area (Å²) in [4.78, 5) is 0. The maximum atomic E-state index is 11.2. The molecule has 1 aliphatic rings. The molecular weight excluding hydrogens is 406 g/mol. The van der Waals surface area contributed by atoms with E-state index in [4.69, 9.17) is 18.9 Å². The highest BCUT2D eigenvalue weighted by Gasteiger charge is 2.29. The van der Waals surface area contributed by atoms with Crippen LogP contribution in [0.2, 0.25) is 0 Å². The van der Waals surface area contributed by atoms with E-state index in [2.05, 4.69) is 17.4 Å². The monoisotopic (exact) mass is 443 g/mol. The van der Waals surface area contributed by atoms with E-state index in [1.807, 2.05) is 24.3 Å². The molecule has 2 N–H and O–H groups in total. The van der Waals surface area contributed by atoms with Crippen molar-refractivity contribution >= 4 is 0 Å². The first-order valence-electron chi connectivity index (χ1n) is 11.5. The van der Waals surface area contributed by atoms with Crippen LogP contribution >= 0.6 is 0 Å². The molecule has 176 valence electrons. The zero-order chi connectivity index (χ0) is 22.8. The van der Waals surface area contributed by atoms with Gasteiger partial charge >= 0.3 is 0 Å². The Morgan fingerprint density at radius 3 is 2.09 bits per heavy atom. The molecule has 6 heteroatoms. The molecule has 0 heterocycles. The van der Waals surface area contributed by atoms with Gasteiger partial charge in [-0.05, 0) is 93.4 Å². The first kappa shape index (κ1) is 24.2. The molecule has 0 bridgehead atoms. The lowest BCUT2D eigenvalue weighted by atomic mass is 9.89. The van der Waals surface area contributed by atoms with Gasteiger partial charge in [-0.1, -0.05) is 6.07 Å². The van der Waals surface area contributed by atoms with Crippen molar-refractivity contribution in [2.75, 3.05) is 41.0 Å². The molecule has 0 amide bonds. The quantitative estimate of drug-likeness (QED) is 0.379. The van der Waals surface area contributed by atoms with Crippen LogP contribution in [0.3, 0.4) is 0 Å². The van der Waals surface area contributed by atoms with Crippen molar-refractivity contribution in [3.63, 3.8) is 0 Å². The van der Waals surface area contributed by atoms with Crippen molar-refractivity contribution in [3.05, 3.63) is 47.5 Å². The lowest BCUT2D eigenvalue weighted by Crippen LogP contribution is -2.30. The number of nitrogens with one attached hydrogen (secondary N) is 1. The number of aliphatic hydroxyl groups is 1. The van der Waals surface area contributed by atoms with E-state index in [0.29, 0.717) is 6.61 Å². The van der Waals surface area contributed by atoms with Crippen LogP contribution in [0.1, 0.15) is 43.2 Å². The molecule has 2 aromatic rings. The van der Waals surface area contributed by atoms with Crippen molar-refractivity contribution in [1.29, 1.82) is 0 Å². The van der Waals surface area contributed by atoms with Crippen LogP contribution in [0.25, 0.3) is 0 Å². The third-order valence-electron chi connectivity index (χ3n) is 6.23. The van der Waals surface area contributed by atoms with Crippen molar-refractivity contribution in [2.45, 2.75) is 50.5 Å². The van der Waals surface area contributed by atoms with E-state index in [9.17, 15) is 5.11 Å². The lowest BCUT2D eigenvalue weighted by Gasteiger charge is -2.26. The molecule has 0 radical (unpaired) electrons. The molecule has 32 heavy (non-hydrogen) atoms. The minimum atomic E-state index is -0.614. The Kier molecular flexibility index (Phi) is 9.06. The van der Waals surface area contributed by atoms with E-state index < -0.39 is 5.60 Å². The zero-order valence-corrected chi connectivity index (χ0v) is 19.6. The van der Waals surface area contributed by atoms with E-state index in [-0.39, 0.29) is 0 Å². The second-order valence-corrected chi connectivity index (χ2v) is 8.43. The van der Waals surface area contributed by atoms with Gasteiger partial charge < -0.3 is 29.4 Å². The zero-order valence-electron chi connectivity index (χ0n) is 19.6. The topological polar surface area (TPSA) is 69.2 Å². The van der Waals surface area contributed by atoms with Gasteiger partial charge in [0.25, 0.3) is 0 Å². The van der Waals surface area contributed by atoms with Crippen LogP contribution < -0.4 is 24.3 Å². The van der Waals surface area contributed by atoms with Crippen molar-refractivity contribution in [2.24, 2.45) is 0 Å². The van der Waals surface area contributed by atoms with Gasteiger partial charge in [-0.15, -0.1) is 0 Å². The predicted octanol–water partition coefficient (Wildman–Crippen LogP) is 4.16. The summed E-state index contributed by atoms with van der Waals surface area (Å²) in [5.74, 6) is 3.15. The minimum absolute atomic E-state index is 0.614. The summed E-state index contributed by atoms with van der Waals surface area (Å²) in [6, 6.07) is 11.8. The van der Waals surface area contributed by atoms with Crippen molar-refractivity contribution < 1.29 is 24.1 Å². The van der Waals surface area contributed by atoms with Gasteiger partial charge in [-0.3, -0.25) is 0 Å². The Morgan fingerprint density at radius 1 is 0.844 bits per heavy atom. The summed E-state index contributed by atoms with van der Waals surface area (Å²) in [5, 5.41) is 14.6. The highest BCUT2D eigenvalue weighted by Crippen LogP contribution is 2.37. The SMILES string of the molecule is COc1cccc(OCCCNCCCC2(O)CCc3cc(OC)c(OC)cc3CC2)c1. The second kappa shape index (κ2) is 12.0. The van der Waals surface area contributed by atoms with Crippen LogP contribution in [0, 0.1) is 0 Å². The minimum Gasteiger partial charge on any atom is -0.497 e. The van der Waals surface area contributed by atoms with Gasteiger partial charge in [-0.25, -0.2) is 0 Å². The van der Waals surface area contributed by atoms with Crippen LogP contribution in [-0.2, 0) is 12.8 Å². The molecule has 0 aliphatic heterocycles. The fourth-order valence-corrected chi connectivity index (χ4v) is 4.28. The Morgan fingerprint density at radius 2 is 1.47 bits per heavy atom. The molecule has 0 saturated heterocycles. The number of hydrogen-bond acceptors (Lipinski definition) is 6. The van der Waals surface area contributed by atoms with Crippen LogP contribution in [-0.4, -0.2) is 51.7 Å². The summed E-state index contributed by atoms with van der Waals surface area (Å²) in [6.45, 7) is 2.46. The Bertz CT molecular complexity index is 819. The molecule has 2 aromatic carbocycles. The van der Waals surface area contributed by atoms with Crippen LogP contribution in [0.5, 0.6) is 23.0 Å². The maximum Gasteiger partial charge on any atom is 0.161 e. The van der Waals surface area contributed by atoms with Gasteiger partial charge in [0.1, 0.15) is 11.5 Å². The van der Waals surface area contributed by atoms with E-state index >= 15 is 0 Å². The number of fused-ring (bicyclic) bond motifs is 1. The van der Waals surface area contributed by atoms with Gasteiger partial charge in [0, 0.05) is 6.07 Å². The summed E-state index contributed by atoms with van der Waals surface area (Å²) in [5.41, 5.74) is 1.90. The van der Waals surface area contributed by atoms with Gasteiger partial charge in [0.15, 0.2) is 11.5 Å². The van der Waals surface area contributed by atoms with E-state index in [1.165, 1.54) is 11.1 Å². The molecule has 0 atom stereocenters. The number of benzene rings is 2. The third kappa shape index (κ3) is 6.78. The highest BCUT2D eigenvalue weighted by molar-refractivity contribution is 5.48. The number of aryl methyl sites for hydroxylation is 2. The number of hydrogen-bond donors (Lipinski definition) is 2. The Labute approximate surface area is 191 Å². The molecule has 0 saturated carbocycles. The van der Waals surface area contributed by atoms with Gasteiger partial charge in [0.2, 0.25) is 0 Å². The van der Waals surface area contributed by atoms with Crippen molar-refractivity contribution in [3.8, 4) is 23.0 Å². The maximum absolute atomic E-state index is 11.2. The van der Waals surface area contributed by atoms with Crippen LogP contribution in [0.15, 0.2) is 36.4 Å². The molecule has 3 rings (SSSR count). The molecule has 0 spiro atoms. The summed E-state index contributed by atoms with van der Waals surface area (Å²) >= 11 is 0. The van der Waals surface area contributed by atoms with Crippen LogP contribution in [0.4, 0.5) is 0 Å². The predicted molar refractivity (Wildman–Crippen MR) is 126 cm³/mol. The van der Waals surface area contributed by atoms with Crippen molar-refractivity contribution in [1.82, 2.24) is 5.32 Å². The fraction of sp³-hybridized carbons (Fsp3) is 0.538. The smallest absolute Gasteiger partial charge is 0.161 e. The largest absolute Gasteiger partial charge is 0.497 e. The summed E-state index contributed by atoms with van der Waals surface area (Å²) in [6.07, 6.45) is 5.98. The first-order chi connectivity index (χ1) is 15.6. The summed E-state index contributed by atoms with van der Waals surface area (Å²) in [7, 11) is 4.98. The first-order valence-corrected chi connectivity index (χ1v) is 11.5. The Balaban J connectivity index is 1.34. The molecule has 6 nitrogen and oxygen atoms in total. The van der Waals surface area contributed by atoms with E-state index in [0.717, 1.165) is 81.0 Å². The molecule has 0 unspecified atom stereocenters. The highest BCUT2D eigenvalue weighted by atomic mass is 16.5. The Hall–Kier alpha value is -2.44. The third-order valence-corrected chi connectivity index (χ3v) is 6.23. The lowest BCUT2D eigenvalue weighted by molar-refractivity contribution is 0.0154. The number of ether oxygens (including phenoxy) is 4. The average Bonchev–Trinajstić information content (AvgIpc) is 2.98. The van der Waals surface area contributed by atoms with E-state index in [1.54, 1.807) is 21.3 Å². The van der Waals surface area contributed by atoms with Gasteiger partial charge in [-0.2, -0.15) is 0 Å². The standard InChI is InChI=1S/C26H37NO5/c1-29-22-7-4-8-23(19-22)32-16-6-15-27-14-5-11-26(28)12-9-20-17-24(30-2)25(31-3)18-21(20)10-13-26/h4,7-8,17-19,27-28H,5-6,9-16H2,1-3H3. The molecule has 0 fully saturated rings. The number of methoxy groups -OCH3 is 3. The molecule has 1 aliphatic carbocycles. The molecule has 0 aromatic heterocycles.